The number of Topliss-reactive ketones (excluding diaryl/α,β-unsaturated/α-hetero) is 1. The van der Waals surface area contributed by atoms with E-state index < -0.39 is 12.6 Å². The molecular formula is C12H13Cl2OSi. The van der Waals surface area contributed by atoms with Gasteiger partial charge in [0.25, 0.3) is 0 Å². The number of hydrogen-bond donors (Lipinski definition) is 0. The fourth-order valence-electron chi connectivity index (χ4n) is 2.05. The first-order valence-electron chi connectivity index (χ1n) is 5.16. The van der Waals surface area contributed by atoms with Crippen molar-refractivity contribution < 1.29 is 4.79 Å². The number of hydrogen-bond acceptors (Lipinski definition) is 1. The second kappa shape index (κ2) is 3.86. The minimum Gasteiger partial charge on any atom is -0.291 e. The van der Waals surface area contributed by atoms with E-state index in [2.05, 4.69) is 19.6 Å². The third kappa shape index (κ3) is 1.53. The maximum Gasteiger partial charge on any atom is 0.196 e. The quantitative estimate of drug-likeness (QED) is 0.556. The summed E-state index contributed by atoms with van der Waals surface area (Å²) < 4.78 is -0.849. The summed E-state index contributed by atoms with van der Waals surface area (Å²) in [6.07, 6.45) is 7.75. The smallest absolute Gasteiger partial charge is 0.196 e. The molecule has 0 amide bonds. The Bertz CT molecular complexity index is 364. The molecule has 1 nitrogen and oxygen atoms in total. The van der Waals surface area contributed by atoms with Crippen LogP contribution in [-0.4, -0.2) is 18.4 Å². The van der Waals surface area contributed by atoms with Gasteiger partial charge in [0.05, 0.1) is 13.1 Å². The van der Waals surface area contributed by atoms with Gasteiger partial charge in [-0.15, -0.1) is 11.6 Å². The van der Waals surface area contributed by atoms with Gasteiger partial charge in [-0.05, 0) is 31.3 Å². The summed E-state index contributed by atoms with van der Waals surface area (Å²) in [4.78, 5) is 11.9. The zero-order valence-electron chi connectivity index (χ0n) is 9.47. The van der Waals surface area contributed by atoms with Gasteiger partial charge in [-0.2, -0.15) is 0 Å². The molecule has 0 aliphatic heterocycles. The molecule has 0 saturated heterocycles. The highest BCUT2D eigenvalue weighted by molar-refractivity contribution is 6.94. The lowest BCUT2D eigenvalue weighted by atomic mass is 9.83. The van der Waals surface area contributed by atoms with Crippen LogP contribution >= 0.6 is 23.2 Å². The fraction of sp³-hybridized carbons (Fsp3) is 0.333. The second-order valence-electron chi connectivity index (χ2n) is 5.10. The number of carbonyl (C=O) groups excluding carboxylic acids is 1. The van der Waals surface area contributed by atoms with Gasteiger partial charge in [0.2, 0.25) is 0 Å². The Labute approximate surface area is 108 Å². The van der Waals surface area contributed by atoms with Crippen molar-refractivity contribution in [2.24, 2.45) is 0 Å². The third-order valence-electron chi connectivity index (χ3n) is 3.06. The fourth-order valence-corrected chi connectivity index (χ4v) is 4.82. The van der Waals surface area contributed by atoms with Crippen LogP contribution in [0.15, 0.2) is 10.6 Å². The van der Waals surface area contributed by atoms with Crippen LogP contribution in [0.25, 0.3) is 0 Å². The lowest BCUT2D eigenvalue weighted by Gasteiger charge is -2.47. The van der Waals surface area contributed by atoms with Crippen LogP contribution < -0.4 is 0 Å². The highest BCUT2D eigenvalue weighted by Crippen LogP contribution is 2.54. The molecule has 2 aliphatic carbocycles. The van der Waals surface area contributed by atoms with Gasteiger partial charge in [0.15, 0.2) is 5.78 Å². The lowest BCUT2D eigenvalue weighted by molar-refractivity contribution is -0.116. The summed E-state index contributed by atoms with van der Waals surface area (Å²) in [5.41, 5.74) is 0.824. The van der Waals surface area contributed by atoms with Crippen LogP contribution in [0.5, 0.6) is 0 Å². The molecule has 85 valence electrons. The zero-order valence-corrected chi connectivity index (χ0v) is 12.0. The van der Waals surface area contributed by atoms with Crippen molar-refractivity contribution in [3.05, 3.63) is 42.2 Å². The molecule has 0 N–H and O–H groups in total. The van der Waals surface area contributed by atoms with Crippen LogP contribution in [0.4, 0.5) is 0 Å². The van der Waals surface area contributed by atoms with E-state index in [0.29, 0.717) is 5.03 Å². The molecule has 1 fully saturated rings. The SMILES string of the molecule is C[Si](C)(C)C1(Cl)C(=O)C(Cl)=C1[C]1[CH][CH][CH][CH]1. The lowest BCUT2D eigenvalue weighted by Crippen LogP contribution is -2.62. The van der Waals surface area contributed by atoms with Crippen LogP contribution in [0.1, 0.15) is 0 Å². The Morgan fingerprint density at radius 3 is 2.12 bits per heavy atom. The molecule has 0 heterocycles. The largest absolute Gasteiger partial charge is 0.291 e. The van der Waals surface area contributed by atoms with E-state index >= 15 is 0 Å². The van der Waals surface area contributed by atoms with Gasteiger partial charge in [0.1, 0.15) is 4.50 Å². The second-order valence-corrected chi connectivity index (χ2v) is 11.6. The Kier molecular flexibility index (Phi) is 3.05. The van der Waals surface area contributed by atoms with Gasteiger partial charge in [-0.25, -0.2) is 0 Å². The monoisotopic (exact) mass is 271 g/mol. The number of allylic oxidation sites excluding steroid dienone is 2. The molecule has 16 heavy (non-hydrogen) atoms. The van der Waals surface area contributed by atoms with Crippen molar-refractivity contribution >= 4 is 37.1 Å². The predicted octanol–water partition coefficient (Wildman–Crippen LogP) is 3.32. The molecule has 1 saturated carbocycles. The standard InChI is InChI=1S/C12H13Cl2OSi/c1-16(2,3)12(14)9(10(13)11(12)15)8-6-4-5-7-8/h4-7H,1-3H3. The van der Waals surface area contributed by atoms with Gasteiger partial charge >= 0.3 is 0 Å². The first-order chi connectivity index (χ1) is 7.30. The normalized spacial score (nSPS) is 32.2. The number of carbonyl (C=O) groups is 1. The van der Waals surface area contributed by atoms with Crippen LogP contribution in [0.2, 0.25) is 19.6 Å². The van der Waals surface area contributed by atoms with Crippen molar-refractivity contribution in [1.82, 2.24) is 0 Å². The van der Waals surface area contributed by atoms with Gasteiger partial charge in [0, 0.05) is 5.92 Å². The summed E-state index contributed by atoms with van der Waals surface area (Å²) in [6, 6.07) is 0. The van der Waals surface area contributed by atoms with E-state index in [1.165, 1.54) is 0 Å². The number of alkyl halides is 1. The predicted molar refractivity (Wildman–Crippen MR) is 70.3 cm³/mol. The van der Waals surface area contributed by atoms with Gasteiger partial charge in [-0.1, -0.05) is 31.2 Å². The van der Waals surface area contributed by atoms with Crippen molar-refractivity contribution in [3.63, 3.8) is 0 Å². The molecular weight excluding hydrogens is 259 g/mol. The maximum atomic E-state index is 11.9. The molecule has 0 aromatic heterocycles. The Morgan fingerprint density at radius 1 is 1.19 bits per heavy atom. The van der Waals surface area contributed by atoms with Gasteiger partial charge in [-0.3, -0.25) is 4.79 Å². The minimum absolute atomic E-state index is 0.105. The number of rotatable bonds is 2. The van der Waals surface area contributed by atoms with Crippen molar-refractivity contribution in [2.45, 2.75) is 24.1 Å². The molecule has 0 aromatic rings. The Hall–Kier alpha value is 0.207. The number of ketones is 1. The summed E-state index contributed by atoms with van der Waals surface area (Å²) >= 11 is 12.6. The Morgan fingerprint density at radius 2 is 1.69 bits per heavy atom. The number of halogens is 2. The average Bonchev–Trinajstić information content (AvgIpc) is 2.68. The first kappa shape index (κ1) is 12.7. The van der Waals surface area contributed by atoms with E-state index in [4.69, 9.17) is 23.2 Å². The highest BCUT2D eigenvalue weighted by Gasteiger charge is 2.61. The van der Waals surface area contributed by atoms with Crippen molar-refractivity contribution in [2.75, 3.05) is 0 Å². The summed E-state index contributed by atoms with van der Waals surface area (Å²) in [5, 5.41) is 0.309. The van der Waals surface area contributed by atoms with Crippen molar-refractivity contribution in [3.8, 4) is 0 Å². The van der Waals surface area contributed by atoms with Gasteiger partial charge < -0.3 is 0 Å². The summed E-state index contributed by atoms with van der Waals surface area (Å²) in [5.74, 6) is 0.869. The molecule has 2 rings (SSSR count). The van der Waals surface area contributed by atoms with Crippen LogP contribution in [-0.2, 0) is 4.79 Å². The molecule has 0 spiro atoms. The third-order valence-corrected chi connectivity index (χ3v) is 8.03. The molecule has 0 aromatic carbocycles. The molecule has 5 radical (unpaired) electrons. The molecule has 1 atom stereocenters. The van der Waals surface area contributed by atoms with E-state index in [-0.39, 0.29) is 5.78 Å². The van der Waals surface area contributed by atoms with Crippen molar-refractivity contribution in [1.29, 1.82) is 0 Å². The van der Waals surface area contributed by atoms with E-state index in [1.54, 1.807) is 0 Å². The van der Waals surface area contributed by atoms with Crippen LogP contribution in [0.3, 0.4) is 0 Å². The molecule has 4 heteroatoms. The topological polar surface area (TPSA) is 17.1 Å². The summed E-state index contributed by atoms with van der Waals surface area (Å²) in [7, 11) is -1.85. The van der Waals surface area contributed by atoms with Crippen LogP contribution in [0, 0.1) is 31.6 Å². The van der Waals surface area contributed by atoms with E-state index in [9.17, 15) is 4.79 Å². The first-order valence-corrected chi connectivity index (χ1v) is 9.42. The molecule has 0 bridgehead atoms. The molecule has 2 aliphatic rings. The van der Waals surface area contributed by atoms with E-state index in [0.717, 1.165) is 11.5 Å². The molecule has 1 unspecified atom stereocenters. The minimum atomic E-state index is -1.85. The zero-order chi connectivity index (χ0) is 12.1. The highest BCUT2D eigenvalue weighted by atomic mass is 35.5. The average molecular weight is 272 g/mol. The Balaban J connectivity index is 2.39. The van der Waals surface area contributed by atoms with E-state index in [1.807, 2.05) is 25.7 Å². The maximum absolute atomic E-state index is 11.9. The summed E-state index contributed by atoms with van der Waals surface area (Å²) in [6.45, 7) is 6.26.